The van der Waals surface area contributed by atoms with Gasteiger partial charge in [0.25, 0.3) is 0 Å². The van der Waals surface area contributed by atoms with Gasteiger partial charge in [-0.05, 0) is 36.1 Å². The molecule has 1 saturated heterocycles. The molecule has 4 nitrogen and oxygen atoms in total. The van der Waals surface area contributed by atoms with Gasteiger partial charge in [-0.1, -0.05) is 61.0 Å². The first-order valence-corrected chi connectivity index (χ1v) is 9.85. The summed E-state index contributed by atoms with van der Waals surface area (Å²) in [7, 11) is 0. The summed E-state index contributed by atoms with van der Waals surface area (Å²) in [4.78, 5) is 26.8. The minimum atomic E-state index is -0.242. The highest BCUT2D eigenvalue weighted by atomic mass is 35.5. The maximum absolute atomic E-state index is 13.0. The molecule has 0 aliphatic carbocycles. The van der Waals surface area contributed by atoms with Crippen molar-refractivity contribution in [1.82, 2.24) is 10.2 Å². The lowest BCUT2D eigenvalue weighted by Gasteiger charge is -2.33. The summed E-state index contributed by atoms with van der Waals surface area (Å²) in [6.45, 7) is 3.11. The molecule has 2 aromatic carbocycles. The first-order chi connectivity index (χ1) is 13.1. The van der Waals surface area contributed by atoms with Gasteiger partial charge in [-0.2, -0.15) is 0 Å². The number of nitrogens with zero attached hydrogens (tertiary/aromatic N) is 1. The summed E-state index contributed by atoms with van der Waals surface area (Å²) in [6.07, 6.45) is 2.15. The first kappa shape index (κ1) is 19.4. The zero-order chi connectivity index (χ0) is 19.2. The van der Waals surface area contributed by atoms with E-state index in [1.54, 1.807) is 0 Å². The number of benzene rings is 2. The Morgan fingerprint density at radius 3 is 2.44 bits per heavy atom. The van der Waals surface area contributed by atoms with Crippen LogP contribution in [-0.4, -0.2) is 29.8 Å². The van der Waals surface area contributed by atoms with E-state index in [2.05, 4.69) is 5.32 Å². The number of nitrogens with one attached hydrogen (secondary N) is 1. The van der Waals surface area contributed by atoms with Crippen LogP contribution in [0.4, 0.5) is 0 Å². The SMILES string of the molecule is CCC(=O)N1CCCC(C(=O)NC(c2ccccc2)c2ccc(Cl)cc2)C1. The lowest BCUT2D eigenvalue weighted by molar-refractivity contribution is -0.135. The number of halogens is 1. The number of piperidine rings is 1. The van der Waals surface area contributed by atoms with Crippen LogP contribution >= 0.6 is 11.6 Å². The molecule has 1 aliphatic heterocycles. The van der Waals surface area contributed by atoms with E-state index in [0.29, 0.717) is 18.0 Å². The third-order valence-electron chi connectivity index (χ3n) is 5.07. The second kappa shape index (κ2) is 9.05. The van der Waals surface area contributed by atoms with Gasteiger partial charge < -0.3 is 10.2 Å². The first-order valence-electron chi connectivity index (χ1n) is 9.47. The molecule has 0 spiro atoms. The van der Waals surface area contributed by atoms with Gasteiger partial charge in [-0.15, -0.1) is 0 Å². The van der Waals surface area contributed by atoms with Crippen molar-refractivity contribution in [2.75, 3.05) is 13.1 Å². The summed E-state index contributed by atoms with van der Waals surface area (Å²) in [5.41, 5.74) is 2.00. The smallest absolute Gasteiger partial charge is 0.225 e. The Morgan fingerprint density at radius 1 is 1.11 bits per heavy atom. The Bertz CT molecular complexity index is 777. The molecule has 3 rings (SSSR count). The van der Waals surface area contributed by atoms with Crippen LogP contribution in [0.1, 0.15) is 43.4 Å². The summed E-state index contributed by atoms with van der Waals surface area (Å²) in [5, 5.41) is 3.86. The van der Waals surface area contributed by atoms with E-state index in [0.717, 1.165) is 30.5 Å². The lowest BCUT2D eigenvalue weighted by Crippen LogP contribution is -2.46. The molecule has 1 aliphatic rings. The van der Waals surface area contributed by atoms with Gasteiger partial charge in [0, 0.05) is 24.5 Å². The Kier molecular flexibility index (Phi) is 6.51. The Hall–Kier alpha value is -2.33. The van der Waals surface area contributed by atoms with E-state index in [4.69, 9.17) is 11.6 Å². The van der Waals surface area contributed by atoms with Gasteiger partial charge in [0.1, 0.15) is 0 Å². The number of rotatable bonds is 5. The second-order valence-corrected chi connectivity index (χ2v) is 7.37. The quantitative estimate of drug-likeness (QED) is 0.840. The van der Waals surface area contributed by atoms with Crippen molar-refractivity contribution in [3.63, 3.8) is 0 Å². The number of amides is 2. The number of hydrogen-bond acceptors (Lipinski definition) is 2. The van der Waals surface area contributed by atoms with Crippen LogP contribution in [0, 0.1) is 5.92 Å². The zero-order valence-electron chi connectivity index (χ0n) is 15.5. The predicted molar refractivity (Wildman–Crippen MR) is 107 cm³/mol. The zero-order valence-corrected chi connectivity index (χ0v) is 16.3. The molecule has 0 radical (unpaired) electrons. The van der Waals surface area contributed by atoms with E-state index in [1.165, 1.54) is 0 Å². The Morgan fingerprint density at radius 2 is 1.78 bits per heavy atom. The highest BCUT2D eigenvalue weighted by Crippen LogP contribution is 2.25. The van der Waals surface area contributed by atoms with Crippen LogP contribution < -0.4 is 5.32 Å². The van der Waals surface area contributed by atoms with E-state index in [9.17, 15) is 9.59 Å². The van der Waals surface area contributed by atoms with Crippen molar-refractivity contribution in [1.29, 1.82) is 0 Å². The molecule has 2 atom stereocenters. The Labute approximate surface area is 165 Å². The van der Waals surface area contributed by atoms with Crippen molar-refractivity contribution < 1.29 is 9.59 Å². The summed E-state index contributed by atoms with van der Waals surface area (Å²) < 4.78 is 0. The van der Waals surface area contributed by atoms with Crippen molar-refractivity contribution >= 4 is 23.4 Å². The standard InChI is InChI=1S/C22H25ClN2O2/c1-2-20(26)25-14-6-9-18(15-25)22(27)24-21(16-7-4-3-5-8-16)17-10-12-19(23)13-11-17/h3-5,7-8,10-13,18,21H,2,6,9,14-15H2,1H3,(H,24,27). The third kappa shape index (κ3) is 4.89. The van der Waals surface area contributed by atoms with Crippen molar-refractivity contribution in [2.24, 2.45) is 5.92 Å². The van der Waals surface area contributed by atoms with Gasteiger partial charge in [0.2, 0.25) is 11.8 Å². The minimum absolute atomic E-state index is 0.00703. The number of carbonyl (C=O) groups is 2. The van der Waals surface area contributed by atoms with Crippen LogP contribution in [-0.2, 0) is 9.59 Å². The average molecular weight is 385 g/mol. The topological polar surface area (TPSA) is 49.4 Å². The van der Waals surface area contributed by atoms with Gasteiger partial charge in [0.05, 0.1) is 12.0 Å². The van der Waals surface area contributed by atoms with Crippen molar-refractivity contribution in [3.8, 4) is 0 Å². The fourth-order valence-corrected chi connectivity index (χ4v) is 3.69. The molecule has 142 valence electrons. The van der Waals surface area contributed by atoms with Gasteiger partial charge in [-0.25, -0.2) is 0 Å². The maximum Gasteiger partial charge on any atom is 0.225 e. The molecule has 2 amide bonds. The molecular formula is C22H25ClN2O2. The van der Waals surface area contributed by atoms with Crippen LogP contribution in [0.5, 0.6) is 0 Å². The predicted octanol–water partition coefficient (Wildman–Crippen LogP) is 4.19. The van der Waals surface area contributed by atoms with Crippen LogP contribution in [0.15, 0.2) is 54.6 Å². The second-order valence-electron chi connectivity index (χ2n) is 6.94. The number of hydrogen-bond donors (Lipinski definition) is 1. The minimum Gasteiger partial charge on any atom is -0.345 e. The summed E-state index contributed by atoms with van der Waals surface area (Å²) in [5.74, 6) is -0.0648. The van der Waals surface area contributed by atoms with E-state index >= 15 is 0 Å². The molecule has 1 fully saturated rings. The highest BCUT2D eigenvalue weighted by molar-refractivity contribution is 6.30. The summed E-state index contributed by atoms with van der Waals surface area (Å²) in [6, 6.07) is 17.2. The average Bonchev–Trinajstić information content (AvgIpc) is 2.72. The molecule has 0 bridgehead atoms. The number of likely N-dealkylation sites (tertiary alicyclic amines) is 1. The molecule has 2 aromatic rings. The van der Waals surface area contributed by atoms with E-state index < -0.39 is 0 Å². The molecule has 5 heteroatoms. The van der Waals surface area contributed by atoms with Gasteiger partial charge >= 0.3 is 0 Å². The Balaban J connectivity index is 1.78. The summed E-state index contributed by atoms with van der Waals surface area (Å²) >= 11 is 6.02. The highest BCUT2D eigenvalue weighted by Gasteiger charge is 2.29. The van der Waals surface area contributed by atoms with Gasteiger partial charge in [-0.3, -0.25) is 9.59 Å². The van der Waals surface area contributed by atoms with E-state index in [1.807, 2.05) is 66.4 Å². The fraction of sp³-hybridized carbons (Fsp3) is 0.364. The molecule has 1 heterocycles. The maximum atomic E-state index is 13.0. The molecule has 0 aromatic heterocycles. The van der Waals surface area contributed by atoms with Crippen LogP contribution in [0.3, 0.4) is 0 Å². The lowest BCUT2D eigenvalue weighted by atomic mass is 9.94. The normalized spacial score (nSPS) is 18.0. The monoisotopic (exact) mass is 384 g/mol. The fourth-order valence-electron chi connectivity index (χ4n) is 3.56. The van der Waals surface area contributed by atoms with Crippen LogP contribution in [0.25, 0.3) is 0 Å². The van der Waals surface area contributed by atoms with Crippen molar-refractivity contribution in [2.45, 2.75) is 32.2 Å². The molecule has 2 unspecified atom stereocenters. The van der Waals surface area contributed by atoms with E-state index in [-0.39, 0.29) is 23.8 Å². The third-order valence-corrected chi connectivity index (χ3v) is 5.32. The van der Waals surface area contributed by atoms with Crippen LogP contribution in [0.2, 0.25) is 5.02 Å². The number of carbonyl (C=O) groups excluding carboxylic acids is 2. The molecular weight excluding hydrogens is 360 g/mol. The molecule has 27 heavy (non-hydrogen) atoms. The largest absolute Gasteiger partial charge is 0.345 e. The molecule has 0 saturated carbocycles. The van der Waals surface area contributed by atoms with Gasteiger partial charge in [0.15, 0.2) is 0 Å². The molecule has 1 N–H and O–H groups in total. The van der Waals surface area contributed by atoms with Crippen molar-refractivity contribution in [3.05, 3.63) is 70.7 Å².